The summed E-state index contributed by atoms with van der Waals surface area (Å²) in [5.41, 5.74) is 0.498. The molecule has 0 aliphatic heterocycles. The van der Waals surface area contributed by atoms with Gasteiger partial charge in [-0.05, 0) is 23.4 Å². The lowest BCUT2D eigenvalue weighted by Crippen LogP contribution is -2.06. The zero-order valence-corrected chi connectivity index (χ0v) is 8.03. The van der Waals surface area contributed by atoms with Crippen LogP contribution < -0.4 is 0 Å². The Morgan fingerprint density at radius 2 is 2.29 bits per heavy atom. The number of benzene rings is 1. The van der Waals surface area contributed by atoms with Crippen molar-refractivity contribution in [2.75, 3.05) is 12.5 Å². The van der Waals surface area contributed by atoms with Crippen molar-refractivity contribution in [1.82, 2.24) is 0 Å². The molecule has 0 aliphatic rings. The van der Waals surface area contributed by atoms with Crippen LogP contribution in [0.3, 0.4) is 0 Å². The van der Waals surface area contributed by atoms with Crippen LogP contribution in [0.2, 0.25) is 0 Å². The number of halogens is 1. The Morgan fingerprint density at radius 1 is 1.50 bits per heavy atom. The second kappa shape index (κ2) is 5.34. The SMILES string of the molecule is O=Nc1cccc(C(=O)OCCCl)c1. The molecule has 0 atom stereocenters. The average molecular weight is 214 g/mol. The molecule has 0 N–H and O–H groups in total. The molecule has 1 aromatic carbocycles. The highest BCUT2D eigenvalue weighted by molar-refractivity contribution is 6.18. The zero-order valence-electron chi connectivity index (χ0n) is 7.27. The van der Waals surface area contributed by atoms with Crippen LogP contribution in [0.15, 0.2) is 29.4 Å². The highest BCUT2D eigenvalue weighted by atomic mass is 35.5. The maximum Gasteiger partial charge on any atom is 0.338 e. The van der Waals surface area contributed by atoms with Crippen molar-refractivity contribution in [2.45, 2.75) is 0 Å². The van der Waals surface area contributed by atoms with Gasteiger partial charge in [0.2, 0.25) is 0 Å². The van der Waals surface area contributed by atoms with Gasteiger partial charge < -0.3 is 4.74 Å². The molecule has 0 heterocycles. The number of ether oxygens (including phenoxy) is 1. The Balaban J connectivity index is 2.74. The highest BCUT2D eigenvalue weighted by Crippen LogP contribution is 2.14. The van der Waals surface area contributed by atoms with E-state index in [1.54, 1.807) is 12.1 Å². The van der Waals surface area contributed by atoms with Gasteiger partial charge in [-0.1, -0.05) is 6.07 Å². The van der Waals surface area contributed by atoms with Crippen LogP contribution in [0, 0.1) is 4.91 Å². The van der Waals surface area contributed by atoms with Gasteiger partial charge in [-0.15, -0.1) is 16.5 Å². The van der Waals surface area contributed by atoms with E-state index in [4.69, 9.17) is 16.3 Å². The number of carbonyl (C=O) groups excluding carboxylic acids is 1. The Labute approximate surface area is 85.8 Å². The third kappa shape index (κ3) is 2.81. The molecule has 5 heteroatoms. The molecular formula is C9H8ClNO3. The Bertz CT molecular complexity index is 341. The predicted molar refractivity (Wildman–Crippen MR) is 52.9 cm³/mol. The minimum atomic E-state index is -0.504. The fraction of sp³-hybridized carbons (Fsp3) is 0.222. The van der Waals surface area contributed by atoms with E-state index in [-0.39, 0.29) is 18.2 Å². The van der Waals surface area contributed by atoms with Crippen LogP contribution in [-0.4, -0.2) is 18.5 Å². The van der Waals surface area contributed by atoms with E-state index in [0.29, 0.717) is 5.56 Å². The molecule has 4 nitrogen and oxygen atoms in total. The predicted octanol–water partition coefficient (Wildman–Crippen LogP) is 2.48. The van der Waals surface area contributed by atoms with Crippen LogP contribution in [0.25, 0.3) is 0 Å². The van der Waals surface area contributed by atoms with Crippen LogP contribution in [0.5, 0.6) is 0 Å². The van der Waals surface area contributed by atoms with Crippen LogP contribution >= 0.6 is 11.6 Å². The molecule has 1 rings (SSSR count). The standard InChI is InChI=1S/C9H8ClNO3/c10-4-5-14-9(12)7-2-1-3-8(6-7)11-13/h1-3,6H,4-5H2. The molecule has 74 valence electrons. The fourth-order valence-corrected chi connectivity index (χ4v) is 0.981. The van der Waals surface area contributed by atoms with E-state index < -0.39 is 5.97 Å². The Morgan fingerprint density at radius 3 is 2.93 bits per heavy atom. The first-order valence-corrected chi connectivity index (χ1v) is 4.48. The number of esters is 1. The first-order valence-electron chi connectivity index (χ1n) is 3.94. The van der Waals surface area contributed by atoms with Gasteiger partial charge in [0.1, 0.15) is 12.3 Å². The number of carbonyl (C=O) groups is 1. The maximum absolute atomic E-state index is 11.2. The molecule has 1 aromatic rings. The Hall–Kier alpha value is -1.42. The summed E-state index contributed by atoms with van der Waals surface area (Å²) in [5, 5.41) is 2.71. The van der Waals surface area contributed by atoms with Crippen molar-refractivity contribution in [2.24, 2.45) is 5.18 Å². The second-order valence-electron chi connectivity index (χ2n) is 2.47. The number of hydrogen-bond acceptors (Lipinski definition) is 4. The van der Waals surface area contributed by atoms with Crippen molar-refractivity contribution >= 4 is 23.3 Å². The molecule has 0 unspecified atom stereocenters. The normalized spacial score (nSPS) is 9.50. The van der Waals surface area contributed by atoms with Gasteiger partial charge in [0.05, 0.1) is 11.4 Å². The van der Waals surface area contributed by atoms with Crippen LogP contribution in [0.4, 0.5) is 5.69 Å². The summed E-state index contributed by atoms with van der Waals surface area (Å²) in [4.78, 5) is 21.4. The van der Waals surface area contributed by atoms with Crippen molar-refractivity contribution < 1.29 is 9.53 Å². The van der Waals surface area contributed by atoms with Crippen LogP contribution in [-0.2, 0) is 4.74 Å². The van der Waals surface area contributed by atoms with Gasteiger partial charge in [-0.3, -0.25) is 0 Å². The van der Waals surface area contributed by atoms with E-state index in [1.807, 2.05) is 0 Å². The molecule has 0 spiro atoms. The molecule has 0 saturated carbocycles. The van der Waals surface area contributed by atoms with Crippen LogP contribution in [0.1, 0.15) is 10.4 Å². The summed E-state index contributed by atoms with van der Waals surface area (Å²) in [6.45, 7) is 0.152. The van der Waals surface area contributed by atoms with E-state index >= 15 is 0 Å². The first kappa shape index (κ1) is 10.7. The fourth-order valence-electron chi connectivity index (χ4n) is 0.904. The van der Waals surface area contributed by atoms with Crippen molar-refractivity contribution in [1.29, 1.82) is 0 Å². The zero-order chi connectivity index (χ0) is 10.4. The van der Waals surface area contributed by atoms with E-state index in [9.17, 15) is 9.70 Å². The van der Waals surface area contributed by atoms with Gasteiger partial charge in [0, 0.05) is 0 Å². The third-order valence-electron chi connectivity index (χ3n) is 1.50. The number of nitrogens with zero attached hydrogens (tertiary/aromatic N) is 1. The molecule has 0 fully saturated rings. The average Bonchev–Trinajstić information content (AvgIpc) is 2.26. The van der Waals surface area contributed by atoms with Crippen molar-refractivity contribution in [3.05, 3.63) is 34.7 Å². The van der Waals surface area contributed by atoms with Gasteiger partial charge in [0.25, 0.3) is 0 Å². The number of hydrogen-bond donors (Lipinski definition) is 0. The van der Waals surface area contributed by atoms with E-state index in [2.05, 4.69) is 5.18 Å². The summed E-state index contributed by atoms with van der Waals surface area (Å²) in [6.07, 6.45) is 0. The minimum Gasteiger partial charge on any atom is -0.461 e. The lowest BCUT2D eigenvalue weighted by atomic mass is 10.2. The third-order valence-corrected chi connectivity index (χ3v) is 1.65. The Kier molecular flexibility index (Phi) is 4.07. The van der Waals surface area contributed by atoms with Gasteiger partial charge in [-0.2, -0.15) is 0 Å². The van der Waals surface area contributed by atoms with Gasteiger partial charge >= 0.3 is 5.97 Å². The molecule has 14 heavy (non-hydrogen) atoms. The van der Waals surface area contributed by atoms with Crippen molar-refractivity contribution in [3.63, 3.8) is 0 Å². The number of alkyl halides is 1. The number of rotatable bonds is 4. The monoisotopic (exact) mass is 213 g/mol. The molecule has 0 amide bonds. The summed E-state index contributed by atoms with van der Waals surface area (Å²) in [7, 11) is 0. The molecule has 0 radical (unpaired) electrons. The lowest BCUT2D eigenvalue weighted by Gasteiger charge is -2.01. The van der Waals surface area contributed by atoms with E-state index in [1.165, 1.54) is 12.1 Å². The molecule has 0 bridgehead atoms. The summed E-state index contributed by atoms with van der Waals surface area (Å²) in [6, 6.07) is 5.98. The van der Waals surface area contributed by atoms with E-state index in [0.717, 1.165) is 0 Å². The maximum atomic E-state index is 11.2. The largest absolute Gasteiger partial charge is 0.461 e. The topological polar surface area (TPSA) is 55.7 Å². The number of nitroso groups, excluding NO2 is 1. The quantitative estimate of drug-likeness (QED) is 0.439. The van der Waals surface area contributed by atoms with Gasteiger partial charge in [-0.25, -0.2) is 4.79 Å². The second-order valence-corrected chi connectivity index (χ2v) is 2.84. The van der Waals surface area contributed by atoms with Gasteiger partial charge in [0.15, 0.2) is 0 Å². The molecule has 0 saturated heterocycles. The minimum absolute atomic E-state index is 0.152. The smallest absolute Gasteiger partial charge is 0.338 e. The summed E-state index contributed by atoms with van der Waals surface area (Å²) >= 11 is 5.35. The molecule has 0 aliphatic carbocycles. The molecular weight excluding hydrogens is 206 g/mol. The lowest BCUT2D eigenvalue weighted by molar-refractivity contribution is 0.0529. The summed E-state index contributed by atoms with van der Waals surface area (Å²) in [5.74, 6) is -0.256. The molecule has 0 aromatic heterocycles. The summed E-state index contributed by atoms with van der Waals surface area (Å²) < 4.78 is 4.76. The first-order chi connectivity index (χ1) is 6.77. The highest BCUT2D eigenvalue weighted by Gasteiger charge is 2.06. The van der Waals surface area contributed by atoms with Crippen molar-refractivity contribution in [3.8, 4) is 0 Å².